The predicted octanol–water partition coefficient (Wildman–Crippen LogP) is 3.25. The molecule has 2 aromatic rings. The highest BCUT2D eigenvalue weighted by Crippen LogP contribution is 2.31. The quantitative estimate of drug-likeness (QED) is 0.911. The molecule has 1 heterocycles. The Hall–Kier alpha value is -2.28. The molecule has 0 aliphatic rings. The summed E-state index contributed by atoms with van der Waals surface area (Å²) in [6, 6.07) is 6.06. The van der Waals surface area contributed by atoms with Gasteiger partial charge in [0.15, 0.2) is 0 Å². The molecule has 0 atom stereocenters. The Morgan fingerprint density at radius 3 is 2.84 bits per heavy atom. The average Bonchev–Trinajstić information content (AvgIpc) is 2.44. The van der Waals surface area contributed by atoms with Gasteiger partial charge in [0.2, 0.25) is 0 Å². The first-order chi connectivity index (χ1) is 9.21. The normalized spacial score (nSPS) is 10.2. The van der Waals surface area contributed by atoms with Crippen LogP contribution in [-0.4, -0.2) is 18.6 Å². The van der Waals surface area contributed by atoms with E-state index in [4.69, 9.17) is 4.74 Å². The van der Waals surface area contributed by atoms with Gasteiger partial charge in [-0.05, 0) is 31.0 Å². The van der Waals surface area contributed by atoms with Gasteiger partial charge in [-0.2, -0.15) is 5.26 Å². The summed E-state index contributed by atoms with van der Waals surface area (Å²) in [7, 11) is 1.64. The third-order valence-corrected chi connectivity index (χ3v) is 3.04. The largest absolute Gasteiger partial charge is 0.497 e. The molecule has 1 aromatic carbocycles. The van der Waals surface area contributed by atoms with Crippen LogP contribution in [0, 0.1) is 18.3 Å². The molecule has 4 nitrogen and oxygen atoms in total. The average molecular weight is 255 g/mol. The second-order valence-electron chi connectivity index (χ2n) is 4.43. The van der Waals surface area contributed by atoms with E-state index in [0.717, 1.165) is 40.9 Å². The van der Waals surface area contributed by atoms with Crippen LogP contribution in [0.3, 0.4) is 0 Å². The van der Waals surface area contributed by atoms with Crippen molar-refractivity contribution in [3.8, 4) is 11.8 Å². The maximum absolute atomic E-state index is 9.21. The standard InChI is InChI=1S/C15H17N3O/c1-4-5-17-15-11(8-16)9-18-14-10(2)6-12(19-3)7-13(14)15/h6-7,9H,4-5H2,1-3H3,(H,17,18). The molecule has 19 heavy (non-hydrogen) atoms. The lowest BCUT2D eigenvalue weighted by Gasteiger charge is -2.13. The number of aryl methyl sites for hydroxylation is 1. The maximum Gasteiger partial charge on any atom is 0.119 e. The molecule has 0 unspecified atom stereocenters. The summed E-state index contributed by atoms with van der Waals surface area (Å²) in [6.07, 6.45) is 2.62. The van der Waals surface area contributed by atoms with Gasteiger partial charge in [-0.25, -0.2) is 0 Å². The van der Waals surface area contributed by atoms with Crippen LogP contribution >= 0.6 is 0 Å². The van der Waals surface area contributed by atoms with Gasteiger partial charge < -0.3 is 10.1 Å². The number of pyridine rings is 1. The molecule has 0 bridgehead atoms. The first-order valence-electron chi connectivity index (χ1n) is 6.32. The van der Waals surface area contributed by atoms with Crippen LogP contribution in [0.1, 0.15) is 24.5 Å². The van der Waals surface area contributed by atoms with E-state index >= 15 is 0 Å². The van der Waals surface area contributed by atoms with Crippen LogP contribution in [0.5, 0.6) is 5.75 Å². The number of methoxy groups -OCH3 is 1. The van der Waals surface area contributed by atoms with Crippen LogP contribution < -0.4 is 10.1 Å². The number of rotatable bonds is 4. The fourth-order valence-electron chi connectivity index (χ4n) is 2.09. The van der Waals surface area contributed by atoms with E-state index in [1.165, 1.54) is 0 Å². The van der Waals surface area contributed by atoms with Gasteiger partial charge in [0.1, 0.15) is 11.8 Å². The number of nitriles is 1. The van der Waals surface area contributed by atoms with Crippen molar-refractivity contribution >= 4 is 16.6 Å². The van der Waals surface area contributed by atoms with Crippen LogP contribution in [0.25, 0.3) is 10.9 Å². The Morgan fingerprint density at radius 2 is 2.21 bits per heavy atom. The van der Waals surface area contributed by atoms with Gasteiger partial charge in [0.05, 0.1) is 23.9 Å². The number of nitrogens with zero attached hydrogens (tertiary/aromatic N) is 2. The molecule has 0 saturated carbocycles. The number of hydrogen-bond acceptors (Lipinski definition) is 4. The number of ether oxygens (including phenoxy) is 1. The van der Waals surface area contributed by atoms with E-state index in [9.17, 15) is 5.26 Å². The maximum atomic E-state index is 9.21. The molecule has 1 N–H and O–H groups in total. The smallest absolute Gasteiger partial charge is 0.119 e. The van der Waals surface area contributed by atoms with Crippen LogP contribution in [0.4, 0.5) is 5.69 Å². The van der Waals surface area contributed by atoms with Gasteiger partial charge in [0.25, 0.3) is 0 Å². The Balaban J connectivity index is 2.71. The number of fused-ring (bicyclic) bond motifs is 1. The van der Waals surface area contributed by atoms with Crippen LogP contribution in [0.15, 0.2) is 18.3 Å². The van der Waals surface area contributed by atoms with Crippen molar-refractivity contribution in [3.05, 3.63) is 29.5 Å². The number of benzene rings is 1. The molecule has 4 heteroatoms. The highest BCUT2D eigenvalue weighted by Gasteiger charge is 2.11. The molecule has 98 valence electrons. The van der Waals surface area contributed by atoms with E-state index in [0.29, 0.717) is 5.56 Å². The number of aromatic nitrogens is 1. The molecular weight excluding hydrogens is 238 g/mol. The summed E-state index contributed by atoms with van der Waals surface area (Å²) < 4.78 is 5.30. The van der Waals surface area contributed by atoms with E-state index in [1.54, 1.807) is 13.3 Å². The lowest BCUT2D eigenvalue weighted by Crippen LogP contribution is -2.04. The molecule has 0 spiro atoms. The first-order valence-corrected chi connectivity index (χ1v) is 6.32. The number of nitrogens with one attached hydrogen (secondary N) is 1. The van der Waals surface area contributed by atoms with Crippen molar-refractivity contribution in [2.75, 3.05) is 19.0 Å². The zero-order chi connectivity index (χ0) is 13.8. The van der Waals surface area contributed by atoms with E-state index < -0.39 is 0 Å². The summed E-state index contributed by atoms with van der Waals surface area (Å²) in [5.74, 6) is 0.779. The molecule has 0 aliphatic carbocycles. The lowest BCUT2D eigenvalue weighted by atomic mass is 10.1. The molecule has 0 fully saturated rings. The van der Waals surface area contributed by atoms with Gasteiger partial charge in [-0.15, -0.1) is 0 Å². The van der Waals surface area contributed by atoms with Crippen LogP contribution in [-0.2, 0) is 0 Å². The second kappa shape index (κ2) is 5.57. The molecular formula is C15H17N3O. The zero-order valence-electron chi connectivity index (χ0n) is 11.4. The molecule has 0 amide bonds. The second-order valence-corrected chi connectivity index (χ2v) is 4.43. The zero-order valence-corrected chi connectivity index (χ0v) is 11.4. The van der Waals surface area contributed by atoms with Crippen molar-refractivity contribution < 1.29 is 4.74 Å². The third-order valence-electron chi connectivity index (χ3n) is 3.04. The Kier molecular flexibility index (Phi) is 3.86. The number of anilines is 1. The Labute approximate surface area is 113 Å². The first kappa shape index (κ1) is 13.2. The number of hydrogen-bond donors (Lipinski definition) is 1. The van der Waals surface area contributed by atoms with Crippen LogP contribution in [0.2, 0.25) is 0 Å². The van der Waals surface area contributed by atoms with Crippen molar-refractivity contribution in [1.29, 1.82) is 5.26 Å². The van der Waals surface area contributed by atoms with Gasteiger partial charge in [0, 0.05) is 18.1 Å². The van der Waals surface area contributed by atoms with Crippen molar-refractivity contribution in [2.24, 2.45) is 0 Å². The summed E-state index contributed by atoms with van der Waals surface area (Å²) in [6.45, 7) is 4.91. The summed E-state index contributed by atoms with van der Waals surface area (Å²) in [5, 5.41) is 13.5. The SMILES string of the molecule is CCCNc1c(C#N)cnc2c(C)cc(OC)cc12. The van der Waals surface area contributed by atoms with Crippen molar-refractivity contribution in [3.63, 3.8) is 0 Å². The minimum absolute atomic E-state index is 0.564. The van der Waals surface area contributed by atoms with E-state index in [2.05, 4.69) is 23.3 Å². The fraction of sp³-hybridized carbons (Fsp3) is 0.333. The highest BCUT2D eigenvalue weighted by molar-refractivity contribution is 5.96. The minimum atomic E-state index is 0.564. The Bertz CT molecular complexity index is 644. The molecule has 0 radical (unpaired) electrons. The lowest BCUT2D eigenvalue weighted by molar-refractivity contribution is 0.415. The monoisotopic (exact) mass is 255 g/mol. The molecule has 0 saturated heterocycles. The Morgan fingerprint density at radius 1 is 1.42 bits per heavy atom. The van der Waals surface area contributed by atoms with E-state index in [1.807, 2.05) is 19.1 Å². The molecule has 2 rings (SSSR count). The van der Waals surface area contributed by atoms with E-state index in [-0.39, 0.29) is 0 Å². The highest BCUT2D eigenvalue weighted by atomic mass is 16.5. The predicted molar refractivity (Wildman–Crippen MR) is 76.5 cm³/mol. The van der Waals surface area contributed by atoms with Gasteiger partial charge in [-0.1, -0.05) is 6.92 Å². The minimum Gasteiger partial charge on any atom is -0.497 e. The fourth-order valence-corrected chi connectivity index (χ4v) is 2.09. The summed E-state index contributed by atoms with van der Waals surface area (Å²) in [4.78, 5) is 4.38. The topological polar surface area (TPSA) is 57.9 Å². The van der Waals surface area contributed by atoms with Crippen molar-refractivity contribution in [1.82, 2.24) is 4.98 Å². The van der Waals surface area contributed by atoms with Crippen molar-refractivity contribution in [2.45, 2.75) is 20.3 Å². The third kappa shape index (κ3) is 2.45. The summed E-state index contributed by atoms with van der Waals surface area (Å²) in [5.41, 5.74) is 3.35. The van der Waals surface area contributed by atoms with Gasteiger partial charge in [-0.3, -0.25) is 4.98 Å². The molecule has 1 aromatic heterocycles. The molecule has 0 aliphatic heterocycles. The summed E-state index contributed by atoms with van der Waals surface area (Å²) >= 11 is 0. The van der Waals surface area contributed by atoms with Gasteiger partial charge >= 0.3 is 0 Å².